The van der Waals surface area contributed by atoms with Gasteiger partial charge in [0.2, 0.25) is 0 Å². The summed E-state index contributed by atoms with van der Waals surface area (Å²) < 4.78 is 6.81. The summed E-state index contributed by atoms with van der Waals surface area (Å²) in [6, 6.07) is 0. The van der Waals surface area contributed by atoms with Crippen LogP contribution in [0.2, 0.25) is 0 Å². The van der Waals surface area contributed by atoms with Crippen molar-refractivity contribution in [1.29, 1.82) is 0 Å². The van der Waals surface area contributed by atoms with Gasteiger partial charge in [-0.3, -0.25) is 9.78 Å². The molecule has 2 aromatic heterocycles. The van der Waals surface area contributed by atoms with Gasteiger partial charge in [-0.2, -0.15) is 10.2 Å². The van der Waals surface area contributed by atoms with Gasteiger partial charge in [-0.25, -0.2) is 0 Å². The number of H-pyrrole nitrogens is 1. The maximum atomic E-state index is 5.00. The normalized spacial score (nSPS) is 11.1. The SMILES string of the molecule is COCCNCc1cn[nH]c1-c1cn(C)nc1C. The van der Waals surface area contributed by atoms with Gasteiger partial charge in [-0.15, -0.1) is 0 Å². The molecule has 0 unspecified atom stereocenters. The first kappa shape index (κ1) is 12.8. The second-order valence-corrected chi connectivity index (χ2v) is 4.24. The van der Waals surface area contributed by atoms with E-state index in [1.165, 1.54) is 0 Å². The Hall–Kier alpha value is -1.66. The van der Waals surface area contributed by atoms with E-state index in [9.17, 15) is 0 Å². The van der Waals surface area contributed by atoms with E-state index in [1.807, 2.05) is 31.0 Å². The molecule has 6 nitrogen and oxygen atoms in total. The molecule has 2 heterocycles. The second kappa shape index (κ2) is 5.79. The molecule has 0 saturated heterocycles. The second-order valence-electron chi connectivity index (χ2n) is 4.24. The molecule has 0 aliphatic rings. The summed E-state index contributed by atoms with van der Waals surface area (Å²) in [5.74, 6) is 0. The minimum absolute atomic E-state index is 0.707. The van der Waals surface area contributed by atoms with Gasteiger partial charge in [0.05, 0.1) is 24.2 Å². The molecule has 0 radical (unpaired) electrons. The monoisotopic (exact) mass is 249 g/mol. The van der Waals surface area contributed by atoms with Crippen LogP contribution in [-0.2, 0) is 18.3 Å². The van der Waals surface area contributed by atoms with Gasteiger partial charge in [0.25, 0.3) is 0 Å². The van der Waals surface area contributed by atoms with Crippen LogP contribution >= 0.6 is 0 Å². The van der Waals surface area contributed by atoms with Crippen molar-refractivity contribution in [3.05, 3.63) is 23.7 Å². The minimum Gasteiger partial charge on any atom is -0.383 e. The topological polar surface area (TPSA) is 67.8 Å². The molecule has 2 N–H and O–H groups in total. The number of aromatic amines is 1. The Morgan fingerprint density at radius 2 is 2.33 bits per heavy atom. The van der Waals surface area contributed by atoms with E-state index in [4.69, 9.17) is 4.74 Å². The average Bonchev–Trinajstić information content (AvgIpc) is 2.91. The van der Waals surface area contributed by atoms with Crippen LogP contribution in [-0.4, -0.2) is 40.2 Å². The zero-order valence-electron chi connectivity index (χ0n) is 11.0. The van der Waals surface area contributed by atoms with Gasteiger partial charge >= 0.3 is 0 Å². The van der Waals surface area contributed by atoms with Crippen LogP contribution in [0, 0.1) is 6.92 Å². The number of aryl methyl sites for hydroxylation is 2. The predicted octanol–water partition coefficient (Wildman–Crippen LogP) is 0.855. The molecule has 18 heavy (non-hydrogen) atoms. The number of nitrogens with one attached hydrogen (secondary N) is 2. The lowest BCUT2D eigenvalue weighted by Gasteiger charge is -2.04. The number of rotatable bonds is 6. The first-order chi connectivity index (χ1) is 8.72. The quantitative estimate of drug-likeness (QED) is 0.745. The summed E-state index contributed by atoms with van der Waals surface area (Å²) in [4.78, 5) is 0. The summed E-state index contributed by atoms with van der Waals surface area (Å²) in [5.41, 5.74) is 4.27. The highest BCUT2D eigenvalue weighted by Gasteiger charge is 2.12. The molecule has 0 amide bonds. The third-order valence-corrected chi connectivity index (χ3v) is 2.80. The zero-order chi connectivity index (χ0) is 13.0. The maximum absolute atomic E-state index is 5.00. The third kappa shape index (κ3) is 2.77. The van der Waals surface area contributed by atoms with Crippen LogP contribution in [0.25, 0.3) is 11.3 Å². The molecule has 0 bridgehead atoms. The van der Waals surface area contributed by atoms with Gasteiger partial charge in [-0.1, -0.05) is 0 Å². The number of aromatic nitrogens is 4. The van der Waals surface area contributed by atoms with E-state index in [1.54, 1.807) is 7.11 Å². The van der Waals surface area contributed by atoms with Crippen LogP contribution in [0.3, 0.4) is 0 Å². The fourth-order valence-corrected chi connectivity index (χ4v) is 1.92. The molecule has 0 aliphatic heterocycles. The average molecular weight is 249 g/mol. The van der Waals surface area contributed by atoms with E-state index in [2.05, 4.69) is 20.6 Å². The van der Waals surface area contributed by atoms with E-state index in [-0.39, 0.29) is 0 Å². The Bertz CT molecular complexity index is 502. The molecule has 0 saturated carbocycles. The largest absolute Gasteiger partial charge is 0.383 e. The maximum Gasteiger partial charge on any atom is 0.0729 e. The van der Waals surface area contributed by atoms with E-state index in [0.717, 1.165) is 35.6 Å². The highest BCUT2D eigenvalue weighted by atomic mass is 16.5. The van der Waals surface area contributed by atoms with E-state index < -0.39 is 0 Å². The van der Waals surface area contributed by atoms with Gasteiger partial charge < -0.3 is 10.1 Å². The number of nitrogens with zero attached hydrogens (tertiary/aromatic N) is 3. The Morgan fingerprint density at radius 1 is 1.50 bits per heavy atom. The van der Waals surface area contributed by atoms with Gasteiger partial charge in [-0.05, 0) is 6.92 Å². The van der Waals surface area contributed by atoms with Crippen LogP contribution in [0.1, 0.15) is 11.3 Å². The van der Waals surface area contributed by atoms with E-state index >= 15 is 0 Å². The van der Waals surface area contributed by atoms with Crippen LogP contribution in [0.4, 0.5) is 0 Å². The number of hydrogen-bond donors (Lipinski definition) is 2. The Morgan fingerprint density at radius 3 is 3.00 bits per heavy atom. The molecule has 98 valence electrons. The molecular formula is C12H19N5O. The standard InChI is InChI=1S/C12H19N5O/c1-9-11(8-17(2)16-9)12-10(7-14-15-12)6-13-4-5-18-3/h7-8,13H,4-6H2,1-3H3,(H,14,15). The molecule has 0 aromatic carbocycles. The first-order valence-corrected chi connectivity index (χ1v) is 5.95. The van der Waals surface area contributed by atoms with Crippen LogP contribution in [0.5, 0.6) is 0 Å². The predicted molar refractivity (Wildman–Crippen MR) is 69.1 cm³/mol. The van der Waals surface area contributed by atoms with Crippen molar-refractivity contribution >= 4 is 0 Å². The highest BCUT2D eigenvalue weighted by Crippen LogP contribution is 2.23. The van der Waals surface area contributed by atoms with Crippen LogP contribution < -0.4 is 5.32 Å². The summed E-state index contributed by atoms with van der Waals surface area (Å²) in [6.45, 7) is 4.30. The van der Waals surface area contributed by atoms with Crippen molar-refractivity contribution < 1.29 is 4.74 Å². The fourth-order valence-electron chi connectivity index (χ4n) is 1.92. The molecule has 0 atom stereocenters. The van der Waals surface area contributed by atoms with Gasteiger partial charge in [0, 0.05) is 44.6 Å². The van der Waals surface area contributed by atoms with Gasteiger partial charge in [0.1, 0.15) is 0 Å². The summed E-state index contributed by atoms with van der Waals surface area (Å²) in [6.07, 6.45) is 3.85. The fraction of sp³-hybridized carbons (Fsp3) is 0.500. The van der Waals surface area contributed by atoms with Crippen LogP contribution in [0.15, 0.2) is 12.4 Å². The molecule has 0 fully saturated rings. The molecule has 0 aliphatic carbocycles. The van der Waals surface area contributed by atoms with Crippen molar-refractivity contribution in [3.8, 4) is 11.3 Å². The number of ether oxygens (including phenoxy) is 1. The first-order valence-electron chi connectivity index (χ1n) is 5.95. The van der Waals surface area contributed by atoms with Gasteiger partial charge in [0.15, 0.2) is 0 Å². The lowest BCUT2D eigenvalue weighted by atomic mass is 10.1. The molecule has 0 spiro atoms. The Balaban J connectivity index is 2.10. The van der Waals surface area contributed by atoms with Crippen molar-refractivity contribution in [2.24, 2.45) is 7.05 Å². The van der Waals surface area contributed by atoms with Crippen molar-refractivity contribution in [3.63, 3.8) is 0 Å². The summed E-state index contributed by atoms with van der Waals surface area (Å²) in [5, 5.41) is 14.8. The zero-order valence-corrected chi connectivity index (χ0v) is 11.0. The Labute approximate surface area is 106 Å². The number of hydrogen-bond acceptors (Lipinski definition) is 4. The minimum atomic E-state index is 0.707. The lowest BCUT2D eigenvalue weighted by molar-refractivity contribution is 0.199. The third-order valence-electron chi connectivity index (χ3n) is 2.80. The van der Waals surface area contributed by atoms with E-state index in [0.29, 0.717) is 6.61 Å². The molecule has 2 rings (SSSR count). The smallest absolute Gasteiger partial charge is 0.0729 e. The molecular weight excluding hydrogens is 230 g/mol. The lowest BCUT2D eigenvalue weighted by Crippen LogP contribution is -2.18. The van der Waals surface area contributed by atoms with Crippen molar-refractivity contribution in [2.45, 2.75) is 13.5 Å². The van der Waals surface area contributed by atoms with Crippen molar-refractivity contribution in [2.75, 3.05) is 20.3 Å². The van der Waals surface area contributed by atoms with Crippen molar-refractivity contribution in [1.82, 2.24) is 25.3 Å². The molecule has 6 heteroatoms. The number of methoxy groups -OCH3 is 1. The summed E-state index contributed by atoms with van der Waals surface area (Å²) >= 11 is 0. The highest BCUT2D eigenvalue weighted by molar-refractivity contribution is 5.64. The molecule has 2 aromatic rings. The summed E-state index contributed by atoms with van der Waals surface area (Å²) in [7, 11) is 3.62. The Kier molecular flexibility index (Phi) is 4.11.